The minimum atomic E-state index is -4.53. The zero-order chi connectivity index (χ0) is 28.3. The predicted octanol–water partition coefficient (Wildman–Crippen LogP) is 8.93. The van der Waals surface area contributed by atoms with Crippen molar-refractivity contribution in [3.8, 4) is 16.9 Å². The zero-order valence-electron chi connectivity index (χ0n) is 20.8. The van der Waals surface area contributed by atoms with Crippen LogP contribution in [0.15, 0.2) is 48.5 Å². The Bertz CT molecular complexity index is 1340. The SMILES string of the molecule is CCOCCC1CC=C(c2cc(F)c(C(F)(F)Oc3ccc(-c4cc(F)c(F)c(F)c4)c(F)c3)c(F)c2)CC1. The maximum atomic E-state index is 14.8. The molecular weight excluding hydrogens is 532 g/mol. The van der Waals surface area contributed by atoms with Gasteiger partial charge in [-0.25, -0.2) is 26.3 Å². The third kappa shape index (κ3) is 6.43. The molecule has 0 heterocycles. The van der Waals surface area contributed by atoms with Crippen LogP contribution in [0.1, 0.15) is 43.7 Å². The molecule has 10 heteroatoms. The minimum Gasteiger partial charge on any atom is -0.429 e. The molecule has 0 saturated heterocycles. The summed E-state index contributed by atoms with van der Waals surface area (Å²) in [6.07, 6.45) is 0.122. The van der Waals surface area contributed by atoms with Gasteiger partial charge in [-0.3, -0.25) is 0 Å². The minimum absolute atomic E-state index is 0.141. The van der Waals surface area contributed by atoms with E-state index < -0.39 is 63.5 Å². The van der Waals surface area contributed by atoms with Gasteiger partial charge in [-0.15, -0.1) is 0 Å². The number of hydrogen-bond acceptors (Lipinski definition) is 2. The van der Waals surface area contributed by atoms with E-state index >= 15 is 0 Å². The molecule has 1 aliphatic rings. The molecule has 0 saturated carbocycles. The Kier molecular flexibility index (Phi) is 8.64. The molecule has 0 radical (unpaired) electrons. The third-order valence-electron chi connectivity index (χ3n) is 6.58. The zero-order valence-corrected chi connectivity index (χ0v) is 20.8. The fraction of sp³-hybridized carbons (Fsp3) is 0.310. The van der Waals surface area contributed by atoms with Gasteiger partial charge in [0.05, 0.1) is 0 Å². The van der Waals surface area contributed by atoms with Gasteiger partial charge in [0.2, 0.25) is 0 Å². The van der Waals surface area contributed by atoms with E-state index in [1.165, 1.54) is 0 Å². The van der Waals surface area contributed by atoms with Crippen LogP contribution in [0.5, 0.6) is 5.75 Å². The second kappa shape index (κ2) is 11.8. The Labute approximate surface area is 219 Å². The number of benzene rings is 3. The maximum absolute atomic E-state index is 14.8. The van der Waals surface area contributed by atoms with Crippen molar-refractivity contribution in [2.45, 2.75) is 38.7 Å². The predicted molar refractivity (Wildman–Crippen MR) is 129 cm³/mol. The van der Waals surface area contributed by atoms with E-state index in [4.69, 9.17) is 4.74 Å². The third-order valence-corrected chi connectivity index (χ3v) is 6.58. The molecule has 0 aromatic heterocycles. The van der Waals surface area contributed by atoms with Crippen LogP contribution in [0, 0.1) is 40.8 Å². The summed E-state index contributed by atoms with van der Waals surface area (Å²) in [6.45, 7) is 3.13. The highest BCUT2D eigenvalue weighted by atomic mass is 19.3. The monoisotopic (exact) mass is 556 g/mol. The van der Waals surface area contributed by atoms with Gasteiger partial charge in [-0.2, -0.15) is 8.78 Å². The molecule has 0 amide bonds. The smallest absolute Gasteiger partial charge is 0.429 e. The molecule has 208 valence electrons. The van der Waals surface area contributed by atoms with Gasteiger partial charge in [-0.1, -0.05) is 6.08 Å². The molecule has 3 aromatic carbocycles. The van der Waals surface area contributed by atoms with Crippen LogP contribution in [0.2, 0.25) is 0 Å². The van der Waals surface area contributed by atoms with Crippen LogP contribution in [-0.2, 0) is 10.8 Å². The van der Waals surface area contributed by atoms with E-state index in [0.29, 0.717) is 55.7 Å². The number of alkyl halides is 2. The Morgan fingerprint density at radius 3 is 2.03 bits per heavy atom. The standard InChI is InChI=1S/C29H24F8O2/c1-2-38-10-9-16-3-5-17(6-4-16)18-11-23(31)27(24(32)12-18)29(36,37)39-20-7-8-21(22(30)15-20)19-13-25(33)28(35)26(34)14-19/h5,7-8,11-16H,2-4,6,9-10H2,1H3. The number of ether oxygens (including phenoxy) is 2. The Morgan fingerprint density at radius 2 is 1.46 bits per heavy atom. The second-order valence-electron chi connectivity index (χ2n) is 9.18. The number of rotatable bonds is 9. The van der Waals surface area contributed by atoms with Crippen molar-refractivity contribution in [2.24, 2.45) is 5.92 Å². The van der Waals surface area contributed by atoms with Crippen molar-refractivity contribution >= 4 is 5.57 Å². The topological polar surface area (TPSA) is 18.5 Å². The summed E-state index contributed by atoms with van der Waals surface area (Å²) >= 11 is 0. The van der Waals surface area contributed by atoms with Crippen LogP contribution in [0.4, 0.5) is 35.1 Å². The van der Waals surface area contributed by atoms with Crippen molar-refractivity contribution in [1.29, 1.82) is 0 Å². The van der Waals surface area contributed by atoms with Gasteiger partial charge in [-0.05, 0) is 91.6 Å². The Hall–Kier alpha value is -3.40. The molecule has 0 aliphatic heterocycles. The summed E-state index contributed by atoms with van der Waals surface area (Å²) in [5, 5.41) is 0. The average Bonchev–Trinajstić information content (AvgIpc) is 2.87. The lowest BCUT2D eigenvalue weighted by Gasteiger charge is -2.23. The Morgan fingerprint density at radius 1 is 0.821 bits per heavy atom. The Balaban J connectivity index is 1.52. The highest BCUT2D eigenvalue weighted by Crippen LogP contribution is 2.39. The first kappa shape index (κ1) is 28.6. The highest BCUT2D eigenvalue weighted by Gasteiger charge is 2.41. The van der Waals surface area contributed by atoms with Gasteiger partial charge in [0.1, 0.15) is 28.8 Å². The van der Waals surface area contributed by atoms with Crippen molar-refractivity contribution in [1.82, 2.24) is 0 Å². The van der Waals surface area contributed by atoms with E-state index in [1.54, 1.807) is 0 Å². The van der Waals surface area contributed by atoms with Crippen molar-refractivity contribution in [2.75, 3.05) is 13.2 Å². The molecule has 3 aromatic rings. The van der Waals surface area contributed by atoms with Gasteiger partial charge >= 0.3 is 6.11 Å². The normalized spacial score (nSPS) is 15.8. The summed E-state index contributed by atoms with van der Waals surface area (Å²) in [5.74, 6) is -9.66. The number of halogens is 8. The van der Waals surface area contributed by atoms with Crippen LogP contribution in [-0.4, -0.2) is 13.2 Å². The first-order valence-electron chi connectivity index (χ1n) is 12.3. The van der Waals surface area contributed by atoms with E-state index in [9.17, 15) is 35.1 Å². The number of hydrogen-bond donors (Lipinski definition) is 0. The summed E-state index contributed by atoms with van der Waals surface area (Å²) in [6, 6.07) is 4.82. The quantitative estimate of drug-likeness (QED) is 0.149. The van der Waals surface area contributed by atoms with E-state index in [0.717, 1.165) is 37.1 Å². The molecule has 1 atom stereocenters. The van der Waals surface area contributed by atoms with Crippen molar-refractivity contribution in [3.05, 3.63) is 94.6 Å². The summed E-state index contributed by atoms with van der Waals surface area (Å²) < 4.78 is 124. The molecule has 1 aliphatic carbocycles. The van der Waals surface area contributed by atoms with Gasteiger partial charge in [0.25, 0.3) is 0 Å². The van der Waals surface area contributed by atoms with Crippen molar-refractivity contribution in [3.63, 3.8) is 0 Å². The molecule has 2 nitrogen and oxygen atoms in total. The fourth-order valence-corrected chi connectivity index (χ4v) is 4.55. The highest BCUT2D eigenvalue weighted by molar-refractivity contribution is 5.67. The van der Waals surface area contributed by atoms with E-state index in [2.05, 4.69) is 4.74 Å². The molecule has 4 rings (SSSR count). The number of allylic oxidation sites excluding steroid dienone is 2. The first-order valence-corrected chi connectivity index (χ1v) is 12.3. The summed E-state index contributed by atoms with van der Waals surface area (Å²) in [5.41, 5.74) is -1.70. The molecule has 39 heavy (non-hydrogen) atoms. The van der Waals surface area contributed by atoms with Gasteiger partial charge < -0.3 is 9.47 Å². The van der Waals surface area contributed by atoms with E-state index in [1.807, 2.05) is 13.0 Å². The largest absolute Gasteiger partial charge is 0.432 e. The summed E-state index contributed by atoms with van der Waals surface area (Å²) in [7, 11) is 0. The van der Waals surface area contributed by atoms with Crippen LogP contribution in [0.25, 0.3) is 16.7 Å². The van der Waals surface area contributed by atoms with Gasteiger partial charge in [0, 0.05) is 24.8 Å². The van der Waals surface area contributed by atoms with Crippen molar-refractivity contribution < 1.29 is 44.6 Å². The molecule has 0 fully saturated rings. The lowest BCUT2D eigenvalue weighted by atomic mass is 9.85. The first-order chi connectivity index (χ1) is 18.5. The van der Waals surface area contributed by atoms with Crippen LogP contribution < -0.4 is 4.74 Å². The van der Waals surface area contributed by atoms with Crippen LogP contribution >= 0.6 is 0 Å². The summed E-state index contributed by atoms with van der Waals surface area (Å²) in [4.78, 5) is 0. The average molecular weight is 556 g/mol. The molecular formula is C29H24F8O2. The molecule has 1 unspecified atom stereocenters. The molecule has 0 bridgehead atoms. The van der Waals surface area contributed by atoms with Crippen LogP contribution in [0.3, 0.4) is 0 Å². The molecule has 0 spiro atoms. The lowest BCUT2D eigenvalue weighted by Crippen LogP contribution is -2.25. The fourth-order valence-electron chi connectivity index (χ4n) is 4.55. The second-order valence-corrected chi connectivity index (χ2v) is 9.18. The maximum Gasteiger partial charge on any atom is 0.432 e. The lowest BCUT2D eigenvalue weighted by molar-refractivity contribution is -0.189. The molecule has 0 N–H and O–H groups in total. The van der Waals surface area contributed by atoms with Gasteiger partial charge in [0.15, 0.2) is 17.5 Å². The van der Waals surface area contributed by atoms with E-state index in [-0.39, 0.29) is 5.56 Å².